The number of hydrogen-bond acceptors (Lipinski definition) is 2. The molecule has 86 valence electrons. The van der Waals surface area contributed by atoms with E-state index in [0.29, 0.717) is 5.92 Å². The predicted molar refractivity (Wildman–Crippen MR) is 71.2 cm³/mol. The summed E-state index contributed by atoms with van der Waals surface area (Å²) in [6.45, 7) is 2.17. The van der Waals surface area contributed by atoms with Crippen LogP contribution in [-0.4, -0.2) is 21.0 Å². The minimum Gasteiger partial charge on any atom is -0.307 e. The number of halogens is 1. The summed E-state index contributed by atoms with van der Waals surface area (Å²) in [4.78, 5) is 4.54. The van der Waals surface area contributed by atoms with Crippen molar-refractivity contribution >= 4 is 29.0 Å². The Morgan fingerprint density at radius 2 is 2.38 bits per heavy atom. The molecule has 1 atom stereocenters. The van der Waals surface area contributed by atoms with Gasteiger partial charge in [0.2, 0.25) is 0 Å². The number of fused-ring (bicyclic) bond motifs is 1. The van der Waals surface area contributed by atoms with Crippen LogP contribution in [-0.2, 0) is 5.75 Å². The molecule has 2 aromatic rings. The molecule has 0 fully saturated rings. The fraction of sp³-hybridized carbons (Fsp3) is 0.417. The number of rotatable bonds is 5. The lowest BCUT2D eigenvalue weighted by Crippen LogP contribution is -1.99. The van der Waals surface area contributed by atoms with E-state index in [2.05, 4.69) is 22.5 Å². The van der Waals surface area contributed by atoms with E-state index in [1.54, 1.807) is 0 Å². The SMILES string of the molecule is CC(CCl)CSCc1cn2ccccc2n1. The summed E-state index contributed by atoms with van der Waals surface area (Å²) in [5.74, 6) is 3.36. The van der Waals surface area contributed by atoms with Crippen LogP contribution in [0.2, 0.25) is 0 Å². The summed E-state index contributed by atoms with van der Waals surface area (Å²) < 4.78 is 2.06. The van der Waals surface area contributed by atoms with E-state index in [9.17, 15) is 0 Å². The average molecular weight is 255 g/mol. The van der Waals surface area contributed by atoms with Crippen LogP contribution >= 0.6 is 23.4 Å². The highest BCUT2D eigenvalue weighted by Gasteiger charge is 2.03. The lowest BCUT2D eigenvalue weighted by Gasteiger charge is -2.04. The van der Waals surface area contributed by atoms with E-state index in [1.807, 2.05) is 36.2 Å². The summed E-state index contributed by atoms with van der Waals surface area (Å²) in [7, 11) is 0. The summed E-state index contributed by atoms with van der Waals surface area (Å²) in [6, 6.07) is 6.05. The third kappa shape index (κ3) is 2.92. The summed E-state index contributed by atoms with van der Waals surface area (Å²) in [5, 5.41) is 0. The maximum Gasteiger partial charge on any atom is 0.137 e. The molecule has 2 rings (SSSR count). The molecular formula is C12H15ClN2S. The molecule has 0 saturated carbocycles. The molecule has 1 unspecified atom stereocenters. The maximum atomic E-state index is 5.76. The van der Waals surface area contributed by atoms with E-state index < -0.39 is 0 Å². The van der Waals surface area contributed by atoms with Gasteiger partial charge in [-0.05, 0) is 23.8 Å². The van der Waals surface area contributed by atoms with Crippen LogP contribution in [0.4, 0.5) is 0 Å². The van der Waals surface area contributed by atoms with E-state index in [4.69, 9.17) is 11.6 Å². The Hall–Kier alpha value is -0.670. The Labute approximate surface area is 105 Å². The molecule has 0 N–H and O–H groups in total. The number of hydrogen-bond donors (Lipinski definition) is 0. The molecule has 0 saturated heterocycles. The third-order valence-electron chi connectivity index (χ3n) is 2.33. The molecule has 0 radical (unpaired) electrons. The Bertz CT molecular complexity index is 422. The summed E-state index contributed by atoms with van der Waals surface area (Å²) in [5.41, 5.74) is 2.15. The number of thioether (sulfide) groups is 1. The zero-order valence-corrected chi connectivity index (χ0v) is 10.8. The van der Waals surface area contributed by atoms with Gasteiger partial charge < -0.3 is 4.40 Å². The van der Waals surface area contributed by atoms with Crippen molar-refractivity contribution in [1.29, 1.82) is 0 Å². The van der Waals surface area contributed by atoms with Crippen molar-refractivity contribution in [2.75, 3.05) is 11.6 Å². The minimum atomic E-state index is 0.573. The third-order valence-corrected chi connectivity index (χ3v) is 4.16. The van der Waals surface area contributed by atoms with Crippen molar-refractivity contribution in [2.24, 2.45) is 5.92 Å². The smallest absolute Gasteiger partial charge is 0.137 e. The number of alkyl halides is 1. The van der Waals surface area contributed by atoms with Crippen molar-refractivity contribution in [1.82, 2.24) is 9.38 Å². The van der Waals surface area contributed by atoms with Crippen LogP contribution in [0.3, 0.4) is 0 Å². The fourth-order valence-electron chi connectivity index (χ4n) is 1.47. The lowest BCUT2D eigenvalue weighted by atomic mass is 10.3. The second kappa shape index (κ2) is 5.60. The molecule has 0 spiro atoms. The van der Waals surface area contributed by atoms with Gasteiger partial charge in [0.1, 0.15) is 5.65 Å². The van der Waals surface area contributed by atoms with Crippen molar-refractivity contribution in [3.63, 3.8) is 0 Å². The van der Waals surface area contributed by atoms with Crippen LogP contribution in [0.5, 0.6) is 0 Å². The average Bonchev–Trinajstić information content (AvgIpc) is 2.71. The number of nitrogens with zero attached hydrogens (tertiary/aromatic N) is 2. The van der Waals surface area contributed by atoms with E-state index in [-0.39, 0.29) is 0 Å². The van der Waals surface area contributed by atoms with Gasteiger partial charge in [0.15, 0.2) is 0 Å². The van der Waals surface area contributed by atoms with Crippen LogP contribution in [0.15, 0.2) is 30.6 Å². The highest BCUT2D eigenvalue weighted by Crippen LogP contribution is 2.16. The van der Waals surface area contributed by atoms with Gasteiger partial charge in [-0.25, -0.2) is 4.98 Å². The molecular weight excluding hydrogens is 240 g/mol. The standard InChI is InChI=1S/C12H15ClN2S/c1-10(6-13)8-16-9-11-7-15-5-3-2-4-12(15)14-11/h2-5,7,10H,6,8-9H2,1H3. The van der Waals surface area contributed by atoms with Crippen molar-refractivity contribution in [3.8, 4) is 0 Å². The number of imidazole rings is 1. The molecule has 0 bridgehead atoms. The van der Waals surface area contributed by atoms with Crippen molar-refractivity contribution in [3.05, 3.63) is 36.3 Å². The van der Waals surface area contributed by atoms with Gasteiger partial charge >= 0.3 is 0 Å². The maximum absolute atomic E-state index is 5.76. The topological polar surface area (TPSA) is 17.3 Å². The fourth-order valence-corrected chi connectivity index (χ4v) is 2.69. The quantitative estimate of drug-likeness (QED) is 0.761. The first kappa shape index (κ1) is 11.8. The normalized spacial score (nSPS) is 13.1. The first-order valence-corrected chi connectivity index (χ1v) is 7.05. The van der Waals surface area contributed by atoms with Crippen LogP contribution < -0.4 is 0 Å². The van der Waals surface area contributed by atoms with E-state index in [1.165, 1.54) is 0 Å². The van der Waals surface area contributed by atoms with Crippen LogP contribution in [0.25, 0.3) is 5.65 Å². The van der Waals surface area contributed by atoms with Gasteiger partial charge in [-0.1, -0.05) is 13.0 Å². The molecule has 2 aromatic heterocycles. The molecule has 0 aliphatic heterocycles. The second-order valence-electron chi connectivity index (χ2n) is 3.97. The first-order chi connectivity index (χ1) is 7.79. The van der Waals surface area contributed by atoms with Crippen molar-refractivity contribution in [2.45, 2.75) is 12.7 Å². The Kier molecular flexibility index (Phi) is 4.13. The minimum absolute atomic E-state index is 0.573. The molecule has 0 aliphatic rings. The Morgan fingerprint density at radius 1 is 1.50 bits per heavy atom. The van der Waals surface area contributed by atoms with E-state index in [0.717, 1.165) is 28.7 Å². The largest absolute Gasteiger partial charge is 0.307 e. The van der Waals surface area contributed by atoms with Crippen LogP contribution in [0.1, 0.15) is 12.6 Å². The lowest BCUT2D eigenvalue weighted by molar-refractivity contribution is 0.759. The summed E-state index contributed by atoms with van der Waals surface area (Å²) >= 11 is 7.66. The van der Waals surface area contributed by atoms with Gasteiger partial charge in [0.25, 0.3) is 0 Å². The zero-order chi connectivity index (χ0) is 11.4. The van der Waals surface area contributed by atoms with Gasteiger partial charge in [0, 0.05) is 24.0 Å². The molecule has 2 heterocycles. The Balaban J connectivity index is 1.94. The number of aromatic nitrogens is 2. The molecule has 16 heavy (non-hydrogen) atoms. The van der Waals surface area contributed by atoms with E-state index >= 15 is 0 Å². The summed E-state index contributed by atoms with van der Waals surface area (Å²) in [6.07, 6.45) is 4.12. The highest BCUT2D eigenvalue weighted by atomic mass is 35.5. The molecule has 0 aromatic carbocycles. The number of pyridine rings is 1. The van der Waals surface area contributed by atoms with Gasteiger partial charge in [0.05, 0.1) is 5.69 Å². The van der Waals surface area contributed by atoms with Gasteiger partial charge in [-0.2, -0.15) is 11.8 Å². The molecule has 0 aliphatic carbocycles. The monoisotopic (exact) mass is 254 g/mol. The molecule has 0 amide bonds. The first-order valence-electron chi connectivity index (χ1n) is 5.36. The molecule has 2 nitrogen and oxygen atoms in total. The molecule has 4 heteroatoms. The van der Waals surface area contributed by atoms with Crippen molar-refractivity contribution < 1.29 is 0 Å². The van der Waals surface area contributed by atoms with Crippen LogP contribution in [0, 0.1) is 5.92 Å². The predicted octanol–water partition coefficient (Wildman–Crippen LogP) is 3.44. The second-order valence-corrected chi connectivity index (χ2v) is 5.31. The Morgan fingerprint density at radius 3 is 3.12 bits per heavy atom. The van der Waals surface area contributed by atoms with Gasteiger partial charge in [-0.3, -0.25) is 0 Å². The zero-order valence-electron chi connectivity index (χ0n) is 9.27. The van der Waals surface area contributed by atoms with Gasteiger partial charge in [-0.15, -0.1) is 11.6 Å². The highest BCUT2D eigenvalue weighted by molar-refractivity contribution is 7.98.